The number of carbonyl (C=O) groups excluding carboxylic acids is 1. The summed E-state index contributed by atoms with van der Waals surface area (Å²) in [6.07, 6.45) is 4.66. The molecule has 0 bridgehead atoms. The Kier molecular flexibility index (Phi) is 5.87. The van der Waals surface area contributed by atoms with Crippen molar-refractivity contribution in [3.8, 4) is 5.75 Å². The molecule has 2 atom stereocenters. The number of aromatic nitrogens is 1. The molecule has 0 radical (unpaired) electrons. The highest BCUT2D eigenvalue weighted by atomic mass is 16.5. The Hall–Kier alpha value is -2.14. The van der Waals surface area contributed by atoms with Gasteiger partial charge in [0.2, 0.25) is 5.78 Å². The Balaban J connectivity index is 1.64. The standard InChI is InChI=1S/C20H26N2O3/c1-14(2)13-25-17-5-3-15(4-6-17)11-16-12-21-8-7-18(16)19(23)20-22-9-10-24-20/h3-6,9-10,14,16,18,21H,7-8,11-13H2,1-2H3. The second-order valence-electron chi connectivity index (χ2n) is 7.11. The van der Waals surface area contributed by atoms with Crippen molar-refractivity contribution in [3.05, 3.63) is 48.2 Å². The third kappa shape index (κ3) is 4.69. The van der Waals surface area contributed by atoms with Gasteiger partial charge >= 0.3 is 0 Å². The topological polar surface area (TPSA) is 64.4 Å². The smallest absolute Gasteiger partial charge is 0.263 e. The van der Waals surface area contributed by atoms with Gasteiger partial charge in [0.1, 0.15) is 12.0 Å². The van der Waals surface area contributed by atoms with Crippen LogP contribution in [0.1, 0.15) is 36.5 Å². The summed E-state index contributed by atoms with van der Waals surface area (Å²) in [6.45, 7) is 6.68. The van der Waals surface area contributed by atoms with E-state index >= 15 is 0 Å². The van der Waals surface area contributed by atoms with Crippen molar-refractivity contribution in [2.45, 2.75) is 26.7 Å². The van der Waals surface area contributed by atoms with E-state index in [1.807, 2.05) is 12.1 Å². The summed E-state index contributed by atoms with van der Waals surface area (Å²) in [5.74, 6) is 1.86. The van der Waals surface area contributed by atoms with Gasteiger partial charge in [0.15, 0.2) is 0 Å². The molecule has 2 unspecified atom stereocenters. The first kappa shape index (κ1) is 17.7. The molecule has 0 spiro atoms. The van der Waals surface area contributed by atoms with Crippen molar-refractivity contribution in [2.75, 3.05) is 19.7 Å². The van der Waals surface area contributed by atoms with Gasteiger partial charge in [-0.2, -0.15) is 0 Å². The number of hydrogen-bond donors (Lipinski definition) is 1. The average molecular weight is 342 g/mol. The van der Waals surface area contributed by atoms with Crippen LogP contribution in [0, 0.1) is 17.8 Å². The van der Waals surface area contributed by atoms with Crippen molar-refractivity contribution >= 4 is 5.78 Å². The molecule has 1 N–H and O–H groups in total. The van der Waals surface area contributed by atoms with Crippen LogP contribution >= 0.6 is 0 Å². The number of ether oxygens (including phenoxy) is 1. The number of Topliss-reactive ketones (excluding diaryl/α,β-unsaturated/α-hetero) is 1. The van der Waals surface area contributed by atoms with Gasteiger partial charge in [-0.05, 0) is 55.5 Å². The number of oxazole rings is 1. The summed E-state index contributed by atoms with van der Waals surface area (Å²) >= 11 is 0. The van der Waals surface area contributed by atoms with Crippen LogP contribution in [0.15, 0.2) is 41.1 Å². The summed E-state index contributed by atoms with van der Waals surface area (Å²) in [4.78, 5) is 16.7. The van der Waals surface area contributed by atoms with E-state index in [0.717, 1.165) is 38.3 Å². The first-order valence-electron chi connectivity index (χ1n) is 8.99. The number of piperidine rings is 1. The number of carbonyl (C=O) groups is 1. The number of ketones is 1. The van der Waals surface area contributed by atoms with Crippen LogP contribution < -0.4 is 10.1 Å². The fraction of sp³-hybridized carbons (Fsp3) is 0.500. The molecule has 0 amide bonds. The number of hydrogen-bond acceptors (Lipinski definition) is 5. The zero-order valence-corrected chi connectivity index (χ0v) is 14.9. The lowest BCUT2D eigenvalue weighted by Gasteiger charge is -2.30. The lowest BCUT2D eigenvalue weighted by atomic mass is 9.79. The van der Waals surface area contributed by atoms with E-state index in [-0.39, 0.29) is 23.5 Å². The third-order valence-corrected chi connectivity index (χ3v) is 4.59. The lowest BCUT2D eigenvalue weighted by molar-refractivity contribution is 0.0799. The molecule has 1 aliphatic heterocycles. The van der Waals surface area contributed by atoms with Crippen LogP contribution in [0.5, 0.6) is 5.75 Å². The number of nitrogens with one attached hydrogen (secondary N) is 1. The first-order valence-corrected chi connectivity index (χ1v) is 8.99. The van der Waals surface area contributed by atoms with E-state index in [4.69, 9.17) is 9.15 Å². The lowest BCUT2D eigenvalue weighted by Crippen LogP contribution is -2.41. The van der Waals surface area contributed by atoms with Gasteiger partial charge < -0.3 is 14.5 Å². The summed E-state index contributed by atoms with van der Waals surface area (Å²) in [5, 5.41) is 3.40. The summed E-state index contributed by atoms with van der Waals surface area (Å²) in [6, 6.07) is 8.21. The highest BCUT2D eigenvalue weighted by Crippen LogP contribution is 2.27. The maximum absolute atomic E-state index is 12.7. The fourth-order valence-electron chi connectivity index (χ4n) is 3.27. The van der Waals surface area contributed by atoms with Crippen molar-refractivity contribution in [2.24, 2.45) is 17.8 Å². The molecule has 25 heavy (non-hydrogen) atoms. The minimum absolute atomic E-state index is 0.0217. The van der Waals surface area contributed by atoms with Gasteiger partial charge in [0, 0.05) is 5.92 Å². The zero-order valence-electron chi connectivity index (χ0n) is 14.9. The Bertz CT molecular complexity index is 665. The zero-order chi connectivity index (χ0) is 17.6. The predicted molar refractivity (Wildman–Crippen MR) is 95.8 cm³/mol. The molecule has 1 aromatic carbocycles. The summed E-state index contributed by atoms with van der Waals surface area (Å²) < 4.78 is 10.9. The SMILES string of the molecule is CC(C)COc1ccc(CC2CNCCC2C(=O)c2ncco2)cc1. The van der Waals surface area contributed by atoms with Crippen LogP contribution in [0.2, 0.25) is 0 Å². The largest absolute Gasteiger partial charge is 0.493 e. The molecule has 2 aromatic rings. The van der Waals surface area contributed by atoms with Crippen molar-refractivity contribution < 1.29 is 13.9 Å². The molecule has 2 heterocycles. The summed E-state index contributed by atoms with van der Waals surface area (Å²) in [5.41, 5.74) is 1.22. The Labute approximate surface area is 148 Å². The van der Waals surface area contributed by atoms with Crippen LogP contribution in [0.4, 0.5) is 0 Å². The van der Waals surface area contributed by atoms with Crippen LogP contribution in [0.3, 0.4) is 0 Å². The Morgan fingerprint density at radius 1 is 1.36 bits per heavy atom. The fourth-order valence-corrected chi connectivity index (χ4v) is 3.27. The van der Waals surface area contributed by atoms with E-state index in [1.54, 1.807) is 0 Å². The molecule has 1 aromatic heterocycles. The molecule has 1 saturated heterocycles. The van der Waals surface area contributed by atoms with Crippen molar-refractivity contribution in [3.63, 3.8) is 0 Å². The highest BCUT2D eigenvalue weighted by molar-refractivity contribution is 5.93. The molecule has 134 valence electrons. The summed E-state index contributed by atoms with van der Waals surface area (Å²) in [7, 11) is 0. The minimum atomic E-state index is -0.0447. The molecule has 3 rings (SSSR count). The van der Waals surface area contributed by atoms with Crippen LogP contribution in [-0.4, -0.2) is 30.5 Å². The van der Waals surface area contributed by atoms with Gasteiger partial charge in [-0.3, -0.25) is 4.79 Å². The van der Waals surface area contributed by atoms with Crippen molar-refractivity contribution in [1.29, 1.82) is 0 Å². The molecular weight excluding hydrogens is 316 g/mol. The van der Waals surface area contributed by atoms with E-state index in [2.05, 4.69) is 36.3 Å². The van der Waals surface area contributed by atoms with E-state index < -0.39 is 0 Å². The van der Waals surface area contributed by atoms with Gasteiger partial charge in [0.05, 0.1) is 12.8 Å². The molecule has 1 fully saturated rings. The average Bonchev–Trinajstić information content (AvgIpc) is 3.16. The van der Waals surface area contributed by atoms with Gasteiger partial charge in [0.25, 0.3) is 5.89 Å². The van der Waals surface area contributed by atoms with E-state index in [1.165, 1.54) is 18.0 Å². The molecule has 0 aliphatic carbocycles. The number of rotatable bonds is 7. The minimum Gasteiger partial charge on any atom is -0.493 e. The monoisotopic (exact) mass is 342 g/mol. The molecule has 5 nitrogen and oxygen atoms in total. The third-order valence-electron chi connectivity index (χ3n) is 4.59. The quantitative estimate of drug-likeness (QED) is 0.782. The van der Waals surface area contributed by atoms with E-state index in [9.17, 15) is 4.79 Å². The normalized spacial score (nSPS) is 20.6. The Morgan fingerprint density at radius 3 is 2.84 bits per heavy atom. The predicted octanol–water partition coefficient (Wildman–Crippen LogP) is 3.36. The van der Waals surface area contributed by atoms with Crippen LogP contribution in [-0.2, 0) is 6.42 Å². The molecule has 5 heteroatoms. The molecule has 1 aliphatic rings. The first-order chi connectivity index (χ1) is 12.1. The highest BCUT2D eigenvalue weighted by Gasteiger charge is 2.33. The molecule has 0 saturated carbocycles. The van der Waals surface area contributed by atoms with E-state index in [0.29, 0.717) is 5.92 Å². The second-order valence-corrected chi connectivity index (χ2v) is 7.11. The van der Waals surface area contributed by atoms with Gasteiger partial charge in [-0.1, -0.05) is 26.0 Å². The van der Waals surface area contributed by atoms with Crippen molar-refractivity contribution in [1.82, 2.24) is 10.3 Å². The Morgan fingerprint density at radius 2 is 2.16 bits per heavy atom. The number of nitrogens with zero attached hydrogens (tertiary/aromatic N) is 1. The van der Waals surface area contributed by atoms with Crippen LogP contribution in [0.25, 0.3) is 0 Å². The van der Waals surface area contributed by atoms with Gasteiger partial charge in [-0.15, -0.1) is 0 Å². The maximum Gasteiger partial charge on any atom is 0.263 e. The second kappa shape index (κ2) is 8.30. The maximum atomic E-state index is 12.7. The molecular formula is C20H26N2O3. The van der Waals surface area contributed by atoms with Gasteiger partial charge in [-0.25, -0.2) is 4.98 Å². The number of benzene rings is 1.